The van der Waals surface area contributed by atoms with E-state index in [1.807, 2.05) is 6.07 Å². The van der Waals surface area contributed by atoms with E-state index < -0.39 is 29.4 Å². The molecule has 0 aliphatic heterocycles. The second-order valence-electron chi connectivity index (χ2n) is 5.66. The van der Waals surface area contributed by atoms with Gasteiger partial charge in [-0.1, -0.05) is 23.0 Å². The van der Waals surface area contributed by atoms with Crippen LogP contribution in [0.5, 0.6) is 11.5 Å². The van der Waals surface area contributed by atoms with Crippen LogP contribution in [0, 0.1) is 0 Å². The van der Waals surface area contributed by atoms with Crippen LogP contribution >= 0.6 is 0 Å². The molecule has 0 radical (unpaired) electrons. The number of aromatic nitrogens is 2. The van der Waals surface area contributed by atoms with Gasteiger partial charge in [0.2, 0.25) is 0 Å². The highest BCUT2D eigenvalue weighted by Gasteiger charge is 2.43. The van der Waals surface area contributed by atoms with Gasteiger partial charge in [0.1, 0.15) is 22.8 Å². The fourth-order valence-electron chi connectivity index (χ4n) is 2.41. The topological polar surface area (TPSA) is 122 Å². The molecule has 150 valence electrons. The van der Waals surface area contributed by atoms with E-state index in [9.17, 15) is 22.8 Å². The summed E-state index contributed by atoms with van der Waals surface area (Å²) < 4.78 is 43.2. The Morgan fingerprint density at radius 3 is 2.10 bits per heavy atom. The Hall–Kier alpha value is -4.02. The summed E-state index contributed by atoms with van der Waals surface area (Å²) in [5, 5.41) is 3.47. The van der Waals surface area contributed by atoms with Crippen molar-refractivity contribution in [2.24, 2.45) is 5.73 Å². The van der Waals surface area contributed by atoms with Gasteiger partial charge in [-0.2, -0.15) is 13.2 Å². The van der Waals surface area contributed by atoms with Crippen molar-refractivity contribution in [3.8, 4) is 22.8 Å². The molecular weight excluding hydrogens is 393 g/mol. The quantitative estimate of drug-likeness (QED) is 0.671. The number of ether oxygens (including phenoxy) is 1. The van der Waals surface area contributed by atoms with Crippen molar-refractivity contribution in [2.75, 3.05) is 5.73 Å². The number of rotatable bonds is 5. The lowest BCUT2D eigenvalue weighted by Crippen LogP contribution is -2.34. The molecular formula is C18H13F3N4O4. The lowest BCUT2D eigenvalue weighted by atomic mass is 10.1. The second kappa shape index (κ2) is 7.54. The summed E-state index contributed by atoms with van der Waals surface area (Å²) in [5.74, 6) is -3.12. The highest BCUT2D eigenvalue weighted by molar-refractivity contribution is 6.03. The number of para-hydroxylation sites is 1. The average Bonchev–Trinajstić information content (AvgIpc) is 2.98. The van der Waals surface area contributed by atoms with Gasteiger partial charge in [-0.3, -0.25) is 4.79 Å². The Bertz CT molecular complexity index is 1050. The van der Waals surface area contributed by atoms with Crippen LogP contribution < -0.4 is 21.0 Å². The van der Waals surface area contributed by atoms with Gasteiger partial charge in [-0.15, -0.1) is 5.10 Å². The number of nitrogen functional groups attached to an aromatic ring is 1. The van der Waals surface area contributed by atoms with Gasteiger partial charge in [0.25, 0.3) is 5.91 Å². The first-order valence-electron chi connectivity index (χ1n) is 7.98. The molecule has 0 aliphatic rings. The smallest absolute Gasteiger partial charge is 0.457 e. The van der Waals surface area contributed by atoms with Gasteiger partial charge in [-0.25, -0.2) is 4.79 Å². The van der Waals surface area contributed by atoms with E-state index in [0.29, 0.717) is 11.5 Å². The molecule has 3 rings (SSSR count). The molecule has 0 saturated carbocycles. The predicted octanol–water partition coefficient (Wildman–Crippen LogP) is 2.54. The zero-order valence-electron chi connectivity index (χ0n) is 14.5. The van der Waals surface area contributed by atoms with Crippen molar-refractivity contribution in [3.05, 3.63) is 60.2 Å². The molecule has 1 aromatic heterocycles. The molecule has 29 heavy (non-hydrogen) atoms. The van der Waals surface area contributed by atoms with Crippen LogP contribution in [-0.4, -0.2) is 28.0 Å². The van der Waals surface area contributed by atoms with Crippen molar-refractivity contribution in [3.63, 3.8) is 0 Å². The maximum absolute atomic E-state index is 12.5. The largest absolute Gasteiger partial charge is 0.493 e. The Balaban J connectivity index is 1.98. The zero-order valence-corrected chi connectivity index (χ0v) is 14.5. The number of alkyl halides is 3. The molecule has 0 saturated heterocycles. The monoisotopic (exact) mass is 406 g/mol. The fourth-order valence-corrected chi connectivity index (χ4v) is 2.41. The van der Waals surface area contributed by atoms with Crippen LogP contribution in [0.1, 0.15) is 10.4 Å². The van der Waals surface area contributed by atoms with Crippen LogP contribution in [-0.2, 0) is 4.79 Å². The Labute approximate surface area is 161 Å². The van der Waals surface area contributed by atoms with Crippen LogP contribution in [0.4, 0.5) is 19.0 Å². The first-order chi connectivity index (χ1) is 13.7. The standard InChI is InChI=1S/C18H13F3N4O4/c19-18(20,21)17(27)29-25-14(13(16(23)26)15(22)24-25)10-6-8-12(9-7-10)28-11-4-2-1-3-5-11/h1-9H,(H2,22,24)(H2,23,26). The Morgan fingerprint density at radius 2 is 1.55 bits per heavy atom. The number of nitrogens with two attached hydrogens (primary N) is 2. The SMILES string of the molecule is NC(=O)c1c(N)nn(OC(=O)C(F)(F)F)c1-c1ccc(Oc2ccccc2)cc1. The van der Waals surface area contributed by atoms with E-state index >= 15 is 0 Å². The number of amides is 1. The van der Waals surface area contributed by atoms with Crippen LogP contribution in [0.15, 0.2) is 54.6 Å². The minimum Gasteiger partial charge on any atom is -0.457 e. The molecule has 0 unspecified atom stereocenters. The second-order valence-corrected chi connectivity index (χ2v) is 5.66. The number of nitrogens with zero attached hydrogens (tertiary/aromatic N) is 2. The molecule has 2 aromatic carbocycles. The van der Waals surface area contributed by atoms with Gasteiger partial charge in [0, 0.05) is 5.56 Å². The number of carbonyl (C=O) groups excluding carboxylic acids is 2. The highest BCUT2D eigenvalue weighted by Crippen LogP contribution is 2.30. The van der Waals surface area contributed by atoms with Gasteiger partial charge >= 0.3 is 12.1 Å². The minimum atomic E-state index is -5.28. The van der Waals surface area contributed by atoms with E-state index in [0.717, 1.165) is 0 Å². The summed E-state index contributed by atoms with van der Waals surface area (Å²) in [6, 6.07) is 14.6. The number of carbonyl (C=O) groups is 2. The lowest BCUT2D eigenvalue weighted by Gasteiger charge is -2.11. The summed E-state index contributed by atoms with van der Waals surface area (Å²) >= 11 is 0. The molecule has 8 nitrogen and oxygen atoms in total. The lowest BCUT2D eigenvalue weighted by molar-refractivity contribution is -0.201. The molecule has 11 heteroatoms. The average molecular weight is 406 g/mol. The molecule has 3 aromatic rings. The summed E-state index contributed by atoms with van der Waals surface area (Å²) in [6.07, 6.45) is -5.28. The molecule has 4 N–H and O–H groups in total. The highest BCUT2D eigenvalue weighted by atomic mass is 19.4. The van der Waals surface area contributed by atoms with Gasteiger partial charge in [0.05, 0.1) is 0 Å². The maximum atomic E-state index is 12.5. The normalized spacial score (nSPS) is 11.1. The first-order valence-corrected chi connectivity index (χ1v) is 7.98. The van der Waals surface area contributed by atoms with Crippen LogP contribution in [0.25, 0.3) is 11.3 Å². The third-order valence-electron chi connectivity index (χ3n) is 3.64. The number of benzene rings is 2. The van der Waals surface area contributed by atoms with Crippen molar-refractivity contribution in [2.45, 2.75) is 6.18 Å². The van der Waals surface area contributed by atoms with Crippen molar-refractivity contribution in [1.82, 2.24) is 9.94 Å². The number of hydrogen-bond donors (Lipinski definition) is 2. The third-order valence-corrected chi connectivity index (χ3v) is 3.64. The Kier molecular flexibility index (Phi) is 5.13. The molecule has 0 fully saturated rings. The first kappa shape index (κ1) is 19.7. The van der Waals surface area contributed by atoms with Gasteiger partial charge in [-0.05, 0) is 36.4 Å². The summed E-state index contributed by atoms with van der Waals surface area (Å²) in [7, 11) is 0. The number of primary amides is 1. The zero-order chi connectivity index (χ0) is 21.2. The number of hydrogen-bond acceptors (Lipinski definition) is 6. The van der Waals surface area contributed by atoms with Crippen molar-refractivity contribution >= 4 is 17.7 Å². The Morgan fingerprint density at radius 1 is 0.966 bits per heavy atom. The van der Waals surface area contributed by atoms with Crippen LogP contribution in [0.3, 0.4) is 0 Å². The fraction of sp³-hybridized carbons (Fsp3) is 0.0556. The van der Waals surface area contributed by atoms with Gasteiger partial charge < -0.3 is 21.0 Å². The van der Waals surface area contributed by atoms with Gasteiger partial charge in [0.15, 0.2) is 5.82 Å². The summed E-state index contributed by atoms with van der Waals surface area (Å²) in [4.78, 5) is 27.3. The van der Waals surface area contributed by atoms with Crippen molar-refractivity contribution in [1.29, 1.82) is 0 Å². The summed E-state index contributed by atoms with van der Waals surface area (Å²) in [6.45, 7) is 0. The van der Waals surface area contributed by atoms with E-state index in [-0.39, 0.29) is 16.1 Å². The number of halogens is 3. The van der Waals surface area contributed by atoms with E-state index in [2.05, 4.69) is 9.94 Å². The molecule has 0 aliphatic carbocycles. The third kappa shape index (κ3) is 4.29. The van der Waals surface area contributed by atoms with E-state index in [1.54, 1.807) is 24.3 Å². The minimum absolute atomic E-state index is 0.165. The van der Waals surface area contributed by atoms with Crippen molar-refractivity contribution < 1.29 is 32.3 Å². The maximum Gasteiger partial charge on any atom is 0.493 e. The molecule has 1 heterocycles. The molecule has 0 spiro atoms. The summed E-state index contributed by atoms with van der Waals surface area (Å²) in [5.41, 5.74) is 10.3. The van der Waals surface area contributed by atoms with E-state index in [1.165, 1.54) is 24.3 Å². The molecule has 1 amide bonds. The number of anilines is 1. The molecule has 0 atom stereocenters. The van der Waals surface area contributed by atoms with Crippen LogP contribution in [0.2, 0.25) is 0 Å². The predicted molar refractivity (Wildman–Crippen MR) is 94.8 cm³/mol. The molecule has 0 bridgehead atoms. The van der Waals surface area contributed by atoms with E-state index in [4.69, 9.17) is 16.2 Å².